The van der Waals surface area contributed by atoms with Gasteiger partial charge in [-0.2, -0.15) is 4.98 Å². The van der Waals surface area contributed by atoms with Crippen LogP contribution in [0.2, 0.25) is 12.6 Å². The fourth-order valence-corrected chi connectivity index (χ4v) is 12.7. The van der Waals surface area contributed by atoms with Gasteiger partial charge < -0.3 is 19.1 Å². The fourth-order valence-electron chi connectivity index (χ4n) is 6.71. The van der Waals surface area contributed by atoms with Crippen LogP contribution in [0.25, 0.3) is 0 Å². The van der Waals surface area contributed by atoms with E-state index in [9.17, 15) is 9.59 Å². The second-order valence-electron chi connectivity index (χ2n) is 12.6. The lowest BCUT2D eigenvalue weighted by Crippen LogP contribution is -2.58. The van der Waals surface area contributed by atoms with Crippen LogP contribution < -0.4 is 21.4 Å². The molecule has 0 aliphatic carbocycles. The first kappa shape index (κ1) is 31.3. The van der Waals surface area contributed by atoms with Crippen molar-refractivity contribution in [2.45, 2.75) is 89.6 Å². The SMILES string of the molecule is CC[C@H]1O[C@@H](n2ccc(NC(=O)C(C)C)nc2=O)C[C@H]1O[P@]1O[C@@H](C[Si](C)(c2ccccc2)c2ccccc2)[C@H]2CCCN21. The van der Waals surface area contributed by atoms with E-state index >= 15 is 0 Å². The summed E-state index contributed by atoms with van der Waals surface area (Å²) in [7, 11) is -3.35. The summed E-state index contributed by atoms with van der Waals surface area (Å²) in [6.45, 7) is 9.11. The lowest BCUT2D eigenvalue weighted by Gasteiger charge is -2.32. The second kappa shape index (κ2) is 13.3. The lowest BCUT2D eigenvalue weighted by molar-refractivity contribution is -0.118. The average Bonchev–Trinajstić information content (AvgIpc) is 3.75. The van der Waals surface area contributed by atoms with Gasteiger partial charge in [-0.15, -0.1) is 0 Å². The third-order valence-electron chi connectivity index (χ3n) is 9.29. The number of carbonyl (C=O) groups excluding carboxylic acids is 1. The summed E-state index contributed by atoms with van der Waals surface area (Å²) < 4.78 is 24.0. The molecule has 3 aliphatic rings. The van der Waals surface area contributed by atoms with E-state index in [4.69, 9.17) is 13.8 Å². The molecule has 0 saturated carbocycles. The van der Waals surface area contributed by atoms with E-state index in [2.05, 4.69) is 89.1 Å². The predicted molar refractivity (Wildman–Crippen MR) is 176 cm³/mol. The van der Waals surface area contributed by atoms with E-state index in [1.807, 2.05) is 0 Å². The van der Waals surface area contributed by atoms with E-state index < -0.39 is 28.5 Å². The number of anilines is 1. The van der Waals surface area contributed by atoms with Crippen molar-refractivity contribution in [2.75, 3.05) is 11.9 Å². The van der Waals surface area contributed by atoms with Crippen molar-refractivity contribution in [3.05, 3.63) is 83.4 Å². The zero-order valence-corrected chi connectivity index (χ0v) is 27.9. The first-order valence-corrected chi connectivity index (χ1v) is 19.7. The molecule has 4 heterocycles. The molecule has 3 fully saturated rings. The van der Waals surface area contributed by atoms with Gasteiger partial charge in [-0.1, -0.05) is 98.4 Å². The largest absolute Gasteiger partial charge is 0.352 e. The van der Waals surface area contributed by atoms with Gasteiger partial charge >= 0.3 is 5.69 Å². The Morgan fingerprint density at radius 3 is 2.39 bits per heavy atom. The van der Waals surface area contributed by atoms with Crippen molar-refractivity contribution < 1.29 is 18.6 Å². The van der Waals surface area contributed by atoms with Crippen LogP contribution in [0, 0.1) is 5.92 Å². The molecule has 9 nitrogen and oxygen atoms in total. The molecule has 1 amide bonds. The molecule has 3 aliphatic heterocycles. The molecule has 2 aromatic carbocycles. The summed E-state index contributed by atoms with van der Waals surface area (Å²) in [4.78, 5) is 29.1. The molecule has 0 radical (unpaired) electrons. The Morgan fingerprint density at radius 1 is 1.09 bits per heavy atom. The second-order valence-corrected chi connectivity index (χ2v) is 18.2. The van der Waals surface area contributed by atoms with Crippen molar-refractivity contribution in [1.82, 2.24) is 14.2 Å². The molecule has 3 aromatic rings. The summed E-state index contributed by atoms with van der Waals surface area (Å²) >= 11 is 0. The monoisotopic (exact) mass is 634 g/mol. The van der Waals surface area contributed by atoms with Gasteiger partial charge in [-0.25, -0.2) is 9.46 Å². The van der Waals surface area contributed by atoms with Gasteiger partial charge in [0.15, 0.2) is 0 Å². The van der Waals surface area contributed by atoms with E-state index in [-0.39, 0.29) is 36.0 Å². The van der Waals surface area contributed by atoms with Crippen molar-refractivity contribution >= 4 is 38.7 Å². The zero-order chi connectivity index (χ0) is 30.8. The number of amides is 1. The topological polar surface area (TPSA) is 94.9 Å². The number of nitrogens with one attached hydrogen (secondary N) is 1. The molecule has 0 spiro atoms. The highest BCUT2D eigenvalue weighted by molar-refractivity contribution is 7.45. The van der Waals surface area contributed by atoms with Gasteiger partial charge in [0.05, 0.1) is 18.3 Å². The van der Waals surface area contributed by atoms with Gasteiger partial charge in [-0.3, -0.25) is 9.36 Å². The molecule has 0 bridgehead atoms. The fraction of sp³-hybridized carbons (Fsp3) is 0.485. The van der Waals surface area contributed by atoms with E-state index in [1.54, 1.807) is 26.1 Å². The molecule has 6 atom stereocenters. The molecule has 3 saturated heterocycles. The third kappa shape index (κ3) is 6.34. The third-order valence-corrected chi connectivity index (χ3v) is 15.5. The van der Waals surface area contributed by atoms with Crippen molar-refractivity contribution in [2.24, 2.45) is 5.92 Å². The predicted octanol–water partition coefficient (Wildman–Crippen LogP) is 4.90. The van der Waals surface area contributed by atoms with E-state index in [0.717, 1.165) is 31.9 Å². The molecule has 1 N–H and O–H groups in total. The van der Waals surface area contributed by atoms with Gasteiger partial charge in [0.2, 0.25) is 5.91 Å². The first-order chi connectivity index (χ1) is 21.3. The Kier molecular flexibility index (Phi) is 9.47. The van der Waals surface area contributed by atoms with Crippen LogP contribution in [0.15, 0.2) is 77.7 Å². The number of benzene rings is 2. The quantitative estimate of drug-likeness (QED) is 0.250. The van der Waals surface area contributed by atoms with Crippen LogP contribution >= 0.6 is 8.53 Å². The average molecular weight is 635 g/mol. The van der Waals surface area contributed by atoms with Crippen LogP contribution in [-0.2, 0) is 18.6 Å². The van der Waals surface area contributed by atoms with Crippen LogP contribution in [0.1, 0.15) is 52.7 Å². The van der Waals surface area contributed by atoms with Gasteiger partial charge in [0, 0.05) is 31.1 Å². The highest BCUT2D eigenvalue weighted by Gasteiger charge is 2.51. The molecule has 11 heteroatoms. The number of carbonyl (C=O) groups is 1. The van der Waals surface area contributed by atoms with Crippen molar-refractivity contribution in [3.63, 3.8) is 0 Å². The lowest BCUT2D eigenvalue weighted by atomic mass is 10.1. The summed E-state index contributed by atoms with van der Waals surface area (Å²) in [6, 6.07) is 24.9. The molecule has 234 valence electrons. The smallest absolute Gasteiger partial charge is 0.351 e. The minimum atomic E-state index is -2.10. The number of rotatable bonds is 10. The molecule has 1 aromatic heterocycles. The number of nitrogens with zero attached hydrogens (tertiary/aromatic N) is 3. The number of aromatic nitrogens is 2. The van der Waals surface area contributed by atoms with Crippen LogP contribution in [0.5, 0.6) is 0 Å². The Morgan fingerprint density at radius 2 is 1.77 bits per heavy atom. The van der Waals surface area contributed by atoms with Crippen LogP contribution in [-0.4, -0.2) is 59.1 Å². The molecule has 44 heavy (non-hydrogen) atoms. The number of hydrogen-bond acceptors (Lipinski definition) is 7. The van der Waals surface area contributed by atoms with E-state index in [0.29, 0.717) is 12.5 Å². The minimum Gasteiger partial charge on any atom is -0.352 e. The Labute approximate surface area is 261 Å². The van der Waals surface area contributed by atoms with Gasteiger partial charge in [-0.05, 0) is 31.4 Å². The van der Waals surface area contributed by atoms with Crippen molar-refractivity contribution in [3.8, 4) is 0 Å². The first-order valence-electron chi connectivity index (χ1n) is 15.8. The standard InChI is InChI=1S/C33H43N4O5PSi/c1-5-27-28(21-31(40-27)36-20-18-30(35-33(36)39)34-32(38)23(2)3)41-43-37-19-12-17-26(37)29(42-43)22-44(4,24-13-8-6-9-14-24)25-15-10-7-11-16-25/h6-11,13-16,18,20,23,26-29,31H,5,12,17,19,21-22H2,1-4H3,(H,34,35,38,39)/t26-,27-,28-,29+,31-,43-/m1/s1. The molecular weight excluding hydrogens is 591 g/mol. The maximum atomic E-state index is 12.9. The van der Waals surface area contributed by atoms with Gasteiger partial charge in [0.25, 0.3) is 8.53 Å². The van der Waals surface area contributed by atoms with Crippen molar-refractivity contribution in [1.29, 1.82) is 0 Å². The Hall–Kier alpha value is -2.72. The Balaban J connectivity index is 1.18. The molecule has 0 unspecified atom stereocenters. The maximum absolute atomic E-state index is 12.9. The summed E-state index contributed by atoms with van der Waals surface area (Å²) in [5, 5.41) is 5.53. The Bertz CT molecular complexity index is 1450. The van der Waals surface area contributed by atoms with Gasteiger partial charge in [0.1, 0.15) is 20.1 Å². The minimum absolute atomic E-state index is 0.0966. The number of fused-ring (bicyclic) bond motifs is 1. The number of hydrogen-bond donors (Lipinski definition) is 1. The zero-order valence-electron chi connectivity index (χ0n) is 26.0. The molecular formula is C33H43N4O5PSi. The number of ether oxygens (including phenoxy) is 1. The highest BCUT2D eigenvalue weighted by Crippen LogP contribution is 2.58. The summed E-state index contributed by atoms with van der Waals surface area (Å²) in [6.07, 6.45) is 4.44. The maximum Gasteiger partial charge on any atom is 0.351 e. The summed E-state index contributed by atoms with van der Waals surface area (Å²) in [5.74, 6) is -0.139. The van der Waals surface area contributed by atoms with Crippen LogP contribution in [0.4, 0.5) is 5.82 Å². The van der Waals surface area contributed by atoms with E-state index in [1.165, 1.54) is 14.9 Å². The summed E-state index contributed by atoms with van der Waals surface area (Å²) in [5.41, 5.74) is -0.458. The highest BCUT2D eigenvalue weighted by atomic mass is 31.2. The van der Waals surface area contributed by atoms with Crippen LogP contribution in [0.3, 0.4) is 0 Å². The normalized spacial score (nSPS) is 27.1. The molecule has 6 rings (SSSR count).